The van der Waals surface area contributed by atoms with Crippen LogP contribution >= 0.6 is 15.9 Å². The number of benzene rings is 1. The third-order valence-corrected chi connectivity index (χ3v) is 5.19. The monoisotopic (exact) mass is 345 g/mol. The first-order valence-corrected chi connectivity index (χ1v) is 8.49. The maximum atomic E-state index is 12.0. The van der Waals surface area contributed by atoms with Gasteiger partial charge >= 0.3 is 0 Å². The molecule has 0 radical (unpaired) electrons. The van der Waals surface area contributed by atoms with Gasteiger partial charge in [-0.1, -0.05) is 28.1 Å². The predicted molar refractivity (Wildman–Crippen MR) is 83.5 cm³/mol. The van der Waals surface area contributed by atoms with Crippen LogP contribution in [0.4, 0.5) is 0 Å². The smallest absolute Gasteiger partial charge is 0.222 e. The van der Waals surface area contributed by atoms with Crippen LogP contribution in [0.25, 0.3) is 0 Å². The van der Waals surface area contributed by atoms with Crippen LogP contribution in [0.15, 0.2) is 22.7 Å². The Hall–Kier alpha value is -0.680. The molecule has 3 nitrogen and oxygen atoms in total. The molecule has 1 aromatic rings. The summed E-state index contributed by atoms with van der Waals surface area (Å²) >= 11 is 3.47. The predicted octanol–water partition coefficient (Wildman–Crippen LogP) is 2.87. The number of nitrogens with zero attached hydrogens (tertiary/aromatic N) is 1. The normalized spacial score (nSPS) is 12.2. The van der Waals surface area contributed by atoms with Crippen molar-refractivity contribution in [2.45, 2.75) is 25.5 Å². The number of amides is 1. The molecule has 0 aliphatic carbocycles. The second-order valence-corrected chi connectivity index (χ2v) is 7.13. The zero-order valence-corrected chi connectivity index (χ0v) is 14.0. The molecule has 0 saturated heterocycles. The first-order valence-electron chi connectivity index (χ1n) is 6.21. The third kappa shape index (κ3) is 5.45. The number of carbonyl (C=O) groups excluding carboxylic acids is 1. The second kappa shape index (κ2) is 7.80. The number of hydrogen-bond donors (Lipinski definition) is 0. The maximum absolute atomic E-state index is 12.0. The highest BCUT2D eigenvalue weighted by atomic mass is 79.9. The fraction of sp³-hybridized carbons (Fsp3) is 0.500. The van der Waals surface area contributed by atoms with Crippen molar-refractivity contribution < 1.29 is 9.00 Å². The van der Waals surface area contributed by atoms with Gasteiger partial charge < -0.3 is 4.90 Å². The highest BCUT2D eigenvalue weighted by Gasteiger charge is 2.08. The van der Waals surface area contributed by atoms with E-state index in [-0.39, 0.29) is 5.91 Å². The van der Waals surface area contributed by atoms with Gasteiger partial charge in [-0.25, -0.2) is 0 Å². The highest BCUT2D eigenvalue weighted by molar-refractivity contribution is 9.10. The minimum atomic E-state index is -0.911. The number of halogens is 1. The molecule has 0 saturated carbocycles. The summed E-state index contributed by atoms with van der Waals surface area (Å²) in [5.41, 5.74) is 2.24. The van der Waals surface area contributed by atoms with E-state index in [1.165, 1.54) is 0 Å². The zero-order chi connectivity index (χ0) is 14.4. The van der Waals surface area contributed by atoms with E-state index in [1.54, 1.807) is 19.0 Å². The lowest BCUT2D eigenvalue weighted by molar-refractivity contribution is -0.128. The van der Waals surface area contributed by atoms with Gasteiger partial charge in [0.15, 0.2) is 0 Å². The highest BCUT2D eigenvalue weighted by Crippen LogP contribution is 2.20. The topological polar surface area (TPSA) is 37.4 Å². The van der Waals surface area contributed by atoms with E-state index in [0.29, 0.717) is 24.3 Å². The Morgan fingerprint density at radius 3 is 2.68 bits per heavy atom. The van der Waals surface area contributed by atoms with Crippen LogP contribution in [0.5, 0.6) is 0 Å². The molecule has 0 heterocycles. The Bertz CT molecular complexity index is 475. The lowest BCUT2D eigenvalue weighted by Gasteiger charge is -2.10. The standard InChI is InChI=1S/C14H20BrNO2S/c1-11-12(6-4-7-13(11)15)10-19(18)9-5-8-14(17)16(2)3/h4,6-7H,5,8-10H2,1-3H3. The molecule has 5 heteroatoms. The molecule has 1 amide bonds. The van der Waals surface area contributed by atoms with E-state index >= 15 is 0 Å². The summed E-state index contributed by atoms with van der Waals surface area (Å²) in [5.74, 6) is 1.23. The van der Waals surface area contributed by atoms with Crippen LogP contribution in [0.2, 0.25) is 0 Å². The minimum Gasteiger partial charge on any atom is -0.349 e. The van der Waals surface area contributed by atoms with Crippen LogP contribution < -0.4 is 0 Å². The molecule has 0 spiro atoms. The van der Waals surface area contributed by atoms with E-state index < -0.39 is 10.8 Å². The molecule has 0 bridgehead atoms. The summed E-state index contributed by atoms with van der Waals surface area (Å²) in [6.07, 6.45) is 1.15. The van der Waals surface area contributed by atoms with Crippen molar-refractivity contribution in [1.29, 1.82) is 0 Å². The Morgan fingerprint density at radius 1 is 1.37 bits per heavy atom. The van der Waals surface area contributed by atoms with Gasteiger partial charge in [0.25, 0.3) is 0 Å². The quantitative estimate of drug-likeness (QED) is 0.794. The molecule has 0 fully saturated rings. The molecule has 0 aromatic heterocycles. The number of carbonyl (C=O) groups is 1. The molecular weight excluding hydrogens is 326 g/mol. The van der Waals surface area contributed by atoms with Crippen molar-refractivity contribution >= 4 is 32.6 Å². The average Bonchev–Trinajstić information content (AvgIpc) is 2.34. The minimum absolute atomic E-state index is 0.0932. The molecule has 1 atom stereocenters. The Morgan fingerprint density at radius 2 is 2.05 bits per heavy atom. The second-order valence-electron chi connectivity index (χ2n) is 4.70. The summed E-state index contributed by atoms with van der Waals surface area (Å²) in [4.78, 5) is 13.0. The van der Waals surface area contributed by atoms with E-state index in [9.17, 15) is 9.00 Å². The van der Waals surface area contributed by atoms with Crippen molar-refractivity contribution in [3.63, 3.8) is 0 Å². The molecule has 1 unspecified atom stereocenters. The van der Waals surface area contributed by atoms with Crippen LogP contribution in [-0.4, -0.2) is 34.9 Å². The Balaban J connectivity index is 2.44. The third-order valence-electron chi connectivity index (χ3n) is 2.96. The summed E-state index contributed by atoms with van der Waals surface area (Å²) < 4.78 is 13.0. The lowest BCUT2D eigenvalue weighted by Crippen LogP contribution is -2.21. The molecule has 0 aliphatic rings. The first kappa shape index (κ1) is 16.4. The Kier molecular flexibility index (Phi) is 6.72. The molecule has 1 aromatic carbocycles. The van der Waals surface area contributed by atoms with Gasteiger partial charge in [-0.3, -0.25) is 9.00 Å². The first-order chi connectivity index (χ1) is 8.91. The summed E-state index contributed by atoms with van der Waals surface area (Å²) in [6.45, 7) is 2.02. The SMILES string of the molecule is Cc1c(Br)cccc1CS(=O)CCCC(=O)N(C)C. The van der Waals surface area contributed by atoms with Crippen molar-refractivity contribution in [2.24, 2.45) is 0 Å². The van der Waals surface area contributed by atoms with Gasteiger partial charge in [-0.05, 0) is 30.5 Å². The van der Waals surface area contributed by atoms with Gasteiger partial charge in [-0.2, -0.15) is 0 Å². The fourth-order valence-corrected chi connectivity index (χ4v) is 3.34. The van der Waals surface area contributed by atoms with Gasteiger partial charge in [0.2, 0.25) is 5.91 Å². The Labute approximate surface area is 126 Å². The van der Waals surface area contributed by atoms with Crippen LogP contribution in [0.3, 0.4) is 0 Å². The summed E-state index contributed by atoms with van der Waals surface area (Å²) in [6, 6.07) is 5.94. The van der Waals surface area contributed by atoms with E-state index in [2.05, 4.69) is 15.9 Å². The van der Waals surface area contributed by atoms with Gasteiger partial charge in [0.05, 0.1) is 0 Å². The zero-order valence-electron chi connectivity index (χ0n) is 11.6. The summed E-state index contributed by atoms with van der Waals surface area (Å²) in [7, 11) is 2.57. The summed E-state index contributed by atoms with van der Waals surface area (Å²) in [5, 5.41) is 0. The average molecular weight is 346 g/mol. The van der Waals surface area contributed by atoms with Crippen LogP contribution in [0.1, 0.15) is 24.0 Å². The maximum Gasteiger partial charge on any atom is 0.222 e. The fourth-order valence-electron chi connectivity index (χ4n) is 1.66. The van der Waals surface area contributed by atoms with Crippen LogP contribution in [-0.2, 0) is 21.3 Å². The largest absolute Gasteiger partial charge is 0.349 e. The molecular formula is C14H20BrNO2S. The van der Waals surface area contributed by atoms with Crippen LogP contribution in [0, 0.1) is 6.92 Å². The van der Waals surface area contributed by atoms with E-state index in [1.807, 2.05) is 25.1 Å². The molecule has 106 valence electrons. The van der Waals surface area contributed by atoms with E-state index in [0.717, 1.165) is 15.6 Å². The van der Waals surface area contributed by atoms with Crippen molar-refractivity contribution in [3.05, 3.63) is 33.8 Å². The number of rotatable bonds is 6. The van der Waals surface area contributed by atoms with Gasteiger partial charge in [0, 0.05) is 47.3 Å². The molecule has 19 heavy (non-hydrogen) atoms. The molecule has 0 N–H and O–H groups in total. The van der Waals surface area contributed by atoms with Crippen molar-refractivity contribution in [2.75, 3.05) is 19.8 Å². The van der Waals surface area contributed by atoms with E-state index in [4.69, 9.17) is 0 Å². The lowest BCUT2D eigenvalue weighted by atomic mass is 10.1. The van der Waals surface area contributed by atoms with Crippen molar-refractivity contribution in [3.8, 4) is 0 Å². The molecule has 1 rings (SSSR count). The molecule has 0 aliphatic heterocycles. The van der Waals surface area contributed by atoms with Crippen molar-refractivity contribution in [1.82, 2.24) is 4.90 Å². The number of hydrogen-bond acceptors (Lipinski definition) is 2. The van der Waals surface area contributed by atoms with Gasteiger partial charge in [-0.15, -0.1) is 0 Å². The van der Waals surface area contributed by atoms with Gasteiger partial charge in [0.1, 0.15) is 0 Å².